The number of hydrogen-bond acceptors (Lipinski definition) is 5. The average Bonchev–Trinajstić information content (AvgIpc) is 2.72. The van der Waals surface area contributed by atoms with Crippen LogP contribution in [0.2, 0.25) is 0 Å². The van der Waals surface area contributed by atoms with E-state index in [4.69, 9.17) is 4.74 Å². The van der Waals surface area contributed by atoms with Crippen molar-refractivity contribution in [3.05, 3.63) is 53.3 Å². The van der Waals surface area contributed by atoms with E-state index in [1.807, 2.05) is 18.2 Å². The first kappa shape index (κ1) is 18.7. The van der Waals surface area contributed by atoms with Gasteiger partial charge in [0.2, 0.25) is 5.95 Å². The number of alkyl halides is 3. The number of fused-ring (bicyclic) bond motifs is 1. The molecule has 0 radical (unpaired) electrons. The molecule has 0 N–H and O–H groups in total. The van der Waals surface area contributed by atoms with E-state index in [0.29, 0.717) is 19.6 Å². The summed E-state index contributed by atoms with van der Waals surface area (Å²) in [5.74, 6) is -0.203. The average molecular weight is 392 g/mol. The number of nitrogens with zero attached hydrogens (tertiary/aromatic N) is 4. The molecule has 2 aliphatic heterocycles. The van der Waals surface area contributed by atoms with Crippen LogP contribution >= 0.6 is 0 Å². The molecule has 0 aliphatic carbocycles. The summed E-state index contributed by atoms with van der Waals surface area (Å²) in [7, 11) is 0. The normalized spacial score (nSPS) is 20.0. The Labute approximate surface area is 159 Å². The topological polar surface area (TPSA) is 58.6 Å². The number of aromatic nitrogens is 2. The van der Waals surface area contributed by atoms with Crippen molar-refractivity contribution in [3.63, 3.8) is 0 Å². The Morgan fingerprint density at radius 3 is 2.71 bits per heavy atom. The number of benzene rings is 1. The maximum Gasteiger partial charge on any atom is 0.433 e. The number of ether oxygens (including phenoxy) is 1. The second kappa shape index (κ2) is 7.38. The van der Waals surface area contributed by atoms with Crippen molar-refractivity contribution in [1.82, 2.24) is 14.9 Å². The SMILES string of the molecule is O=C(C1CN(c2nccc(C(F)(F)F)n2)CCO1)N1CCc2ccccc2C1. The van der Waals surface area contributed by atoms with Crippen LogP contribution in [0.3, 0.4) is 0 Å². The van der Waals surface area contributed by atoms with E-state index in [0.717, 1.165) is 24.2 Å². The highest BCUT2D eigenvalue weighted by Gasteiger charge is 2.35. The molecular formula is C19H19F3N4O2. The van der Waals surface area contributed by atoms with E-state index >= 15 is 0 Å². The molecule has 9 heteroatoms. The van der Waals surface area contributed by atoms with Crippen molar-refractivity contribution in [2.75, 3.05) is 31.1 Å². The lowest BCUT2D eigenvalue weighted by Crippen LogP contribution is -2.52. The molecular weight excluding hydrogens is 373 g/mol. The third kappa shape index (κ3) is 3.80. The number of hydrogen-bond donors (Lipinski definition) is 0. The number of anilines is 1. The molecule has 1 aromatic carbocycles. The van der Waals surface area contributed by atoms with Crippen molar-refractivity contribution in [2.24, 2.45) is 0 Å². The van der Waals surface area contributed by atoms with Crippen LogP contribution in [0, 0.1) is 0 Å². The number of rotatable bonds is 2. The zero-order chi connectivity index (χ0) is 19.7. The Balaban J connectivity index is 1.46. The molecule has 0 bridgehead atoms. The van der Waals surface area contributed by atoms with Gasteiger partial charge in [0.25, 0.3) is 5.91 Å². The Hall–Kier alpha value is -2.68. The maximum absolute atomic E-state index is 12.9. The summed E-state index contributed by atoms with van der Waals surface area (Å²) in [4.78, 5) is 23.8. The Morgan fingerprint density at radius 1 is 1.14 bits per heavy atom. The summed E-state index contributed by atoms with van der Waals surface area (Å²) in [6.07, 6.45) is -3.44. The third-order valence-corrected chi connectivity index (χ3v) is 5.00. The summed E-state index contributed by atoms with van der Waals surface area (Å²) >= 11 is 0. The standard InChI is InChI=1S/C19H19F3N4O2/c20-19(21,22)16-5-7-23-18(24-16)26-9-10-28-15(12-26)17(27)25-8-6-13-3-1-2-4-14(13)11-25/h1-5,7,15H,6,8-12H2. The lowest BCUT2D eigenvalue weighted by molar-refractivity contribution is -0.145. The van der Waals surface area contributed by atoms with Crippen LogP contribution in [-0.4, -0.2) is 53.1 Å². The van der Waals surface area contributed by atoms with Crippen molar-refractivity contribution >= 4 is 11.9 Å². The summed E-state index contributed by atoms with van der Waals surface area (Å²) in [5.41, 5.74) is 1.34. The highest BCUT2D eigenvalue weighted by atomic mass is 19.4. The number of carbonyl (C=O) groups excluding carboxylic acids is 1. The molecule has 0 saturated carbocycles. The largest absolute Gasteiger partial charge is 0.433 e. The fourth-order valence-electron chi connectivity index (χ4n) is 3.53. The van der Waals surface area contributed by atoms with Gasteiger partial charge in [0.1, 0.15) is 5.69 Å². The minimum atomic E-state index is -4.54. The molecule has 1 saturated heterocycles. The molecule has 1 atom stereocenters. The highest BCUT2D eigenvalue weighted by Crippen LogP contribution is 2.28. The molecule has 2 aliphatic rings. The molecule has 6 nitrogen and oxygen atoms in total. The lowest BCUT2D eigenvalue weighted by Gasteiger charge is -2.36. The van der Waals surface area contributed by atoms with E-state index in [2.05, 4.69) is 16.0 Å². The predicted molar refractivity (Wildman–Crippen MR) is 94.6 cm³/mol. The van der Waals surface area contributed by atoms with Crippen LogP contribution in [0.1, 0.15) is 16.8 Å². The van der Waals surface area contributed by atoms with Crippen molar-refractivity contribution in [3.8, 4) is 0 Å². The van der Waals surface area contributed by atoms with Crippen LogP contribution in [0.5, 0.6) is 0 Å². The van der Waals surface area contributed by atoms with Crippen molar-refractivity contribution in [2.45, 2.75) is 25.2 Å². The number of carbonyl (C=O) groups is 1. The van der Waals surface area contributed by atoms with E-state index in [1.54, 1.807) is 9.80 Å². The second-order valence-electron chi connectivity index (χ2n) is 6.82. The molecule has 148 valence electrons. The Bertz CT molecular complexity index is 874. The summed E-state index contributed by atoms with van der Waals surface area (Å²) in [5, 5.41) is 0. The van der Waals surface area contributed by atoms with Gasteiger partial charge in [-0.25, -0.2) is 9.97 Å². The van der Waals surface area contributed by atoms with Crippen LogP contribution in [-0.2, 0) is 28.7 Å². The smallest absolute Gasteiger partial charge is 0.365 e. The molecule has 28 heavy (non-hydrogen) atoms. The second-order valence-corrected chi connectivity index (χ2v) is 6.82. The first-order chi connectivity index (χ1) is 13.4. The summed E-state index contributed by atoms with van der Waals surface area (Å²) in [6.45, 7) is 1.78. The molecule has 0 spiro atoms. The van der Waals surface area contributed by atoms with E-state index < -0.39 is 18.0 Å². The first-order valence-corrected chi connectivity index (χ1v) is 9.04. The zero-order valence-electron chi connectivity index (χ0n) is 15.0. The predicted octanol–water partition coefficient (Wildman–Crippen LogP) is 2.29. The van der Waals surface area contributed by atoms with Crippen molar-refractivity contribution < 1.29 is 22.7 Å². The van der Waals surface area contributed by atoms with E-state index in [9.17, 15) is 18.0 Å². The summed E-state index contributed by atoms with van der Waals surface area (Å²) in [6, 6.07) is 8.81. The number of amides is 1. The van der Waals surface area contributed by atoms with Gasteiger partial charge in [0.05, 0.1) is 13.2 Å². The molecule has 3 heterocycles. The summed E-state index contributed by atoms with van der Waals surface area (Å²) < 4.78 is 44.3. The van der Waals surface area contributed by atoms with Gasteiger partial charge in [-0.1, -0.05) is 24.3 Å². The fourth-order valence-corrected chi connectivity index (χ4v) is 3.53. The zero-order valence-corrected chi connectivity index (χ0v) is 15.0. The molecule has 1 unspecified atom stereocenters. The van der Waals surface area contributed by atoms with Crippen LogP contribution < -0.4 is 4.90 Å². The molecule has 1 fully saturated rings. The fraction of sp³-hybridized carbons (Fsp3) is 0.421. The molecule has 1 aromatic heterocycles. The monoisotopic (exact) mass is 392 g/mol. The van der Waals surface area contributed by atoms with Gasteiger partial charge in [-0.3, -0.25) is 4.79 Å². The number of halogens is 3. The van der Waals surface area contributed by atoms with Gasteiger partial charge in [0, 0.05) is 25.8 Å². The first-order valence-electron chi connectivity index (χ1n) is 9.04. The van der Waals surface area contributed by atoms with Gasteiger partial charge in [-0.15, -0.1) is 0 Å². The van der Waals surface area contributed by atoms with E-state index in [1.165, 1.54) is 5.56 Å². The van der Waals surface area contributed by atoms with Crippen LogP contribution in [0.4, 0.5) is 19.1 Å². The molecule has 4 rings (SSSR count). The molecule has 2 aromatic rings. The van der Waals surface area contributed by atoms with Crippen LogP contribution in [0.25, 0.3) is 0 Å². The maximum atomic E-state index is 12.9. The lowest BCUT2D eigenvalue weighted by atomic mass is 9.99. The van der Waals surface area contributed by atoms with E-state index in [-0.39, 0.29) is 25.0 Å². The quantitative estimate of drug-likeness (QED) is 0.785. The van der Waals surface area contributed by atoms with Gasteiger partial charge in [-0.2, -0.15) is 13.2 Å². The molecule has 1 amide bonds. The van der Waals surface area contributed by atoms with Gasteiger partial charge < -0.3 is 14.5 Å². The van der Waals surface area contributed by atoms with Gasteiger partial charge in [-0.05, 0) is 23.6 Å². The Morgan fingerprint density at radius 2 is 1.93 bits per heavy atom. The Kier molecular flexibility index (Phi) is 4.92. The van der Waals surface area contributed by atoms with Gasteiger partial charge >= 0.3 is 6.18 Å². The number of morpholine rings is 1. The van der Waals surface area contributed by atoms with Crippen LogP contribution in [0.15, 0.2) is 36.5 Å². The third-order valence-electron chi connectivity index (χ3n) is 5.00. The van der Waals surface area contributed by atoms with Crippen molar-refractivity contribution in [1.29, 1.82) is 0 Å². The minimum Gasteiger partial charge on any atom is -0.365 e. The van der Waals surface area contributed by atoms with Gasteiger partial charge in [0.15, 0.2) is 6.10 Å². The highest BCUT2D eigenvalue weighted by molar-refractivity contribution is 5.82. The minimum absolute atomic E-state index is 0.0417.